The number of ether oxygens (including phenoxy) is 2. The quantitative estimate of drug-likeness (QED) is 0.553. The van der Waals surface area contributed by atoms with Gasteiger partial charge in [0.05, 0.1) is 0 Å². The molecule has 0 amide bonds. The molecule has 0 radical (unpaired) electrons. The van der Waals surface area contributed by atoms with Gasteiger partial charge in [-0.1, -0.05) is 25.7 Å². The van der Waals surface area contributed by atoms with E-state index in [0.29, 0.717) is 12.8 Å². The van der Waals surface area contributed by atoms with Gasteiger partial charge in [-0.2, -0.15) is 0 Å². The van der Waals surface area contributed by atoms with E-state index in [9.17, 15) is 13.0 Å². The SMILES string of the molecule is CCC#COCC(COC#CCC)OP(=O)(F)F. The maximum Gasteiger partial charge on any atom is 0.552 e. The molecule has 0 aromatic carbocycles. The third kappa shape index (κ3) is 11.3. The molecule has 0 aliphatic carbocycles. The van der Waals surface area contributed by atoms with Gasteiger partial charge in [-0.3, -0.25) is 4.52 Å². The molecule has 18 heavy (non-hydrogen) atoms. The summed E-state index contributed by atoms with van der Waals surface area (Å²) >= 11 is 0. The average molecular weight is 280 g/mol. The molecule has 0 heterocycles. The zero-order valence-corrected chi connectivity index (χ0v) is 11.1. The first-order chi connectivity index (χ1) is 8.49. The Morgan fingerprint density at radius 1 is 1.06 bits per heavy atom. The lowest BCUT2D eigenvalue weighted by molar-refractivity contribution is 0.0504. The minimum atomic E-state index is -5.59. The molecule has 0 spiro atoms. The van der Waals surface area contributed by atoms with Gasteiger partial charge in [0, 0.05) is 12.8 Å². The molecule has 0 fully saturated rings. The predicted molar refractivity (Wildman–Crippen MR) is 62.7 cm³/mol. The minimum Gasteiger partial charge on any atom is -0.444 e. The van der Waals surface area contributed by atoms with Crippen molar-refractivity contribution in [2.45, 2.75) is 32.8 Å². The second-order valence-electron chi connectivity index (χ2n) is 3.03. The zero-order valence-electron chi connectivity index (χ0n) is 10.2. The summed E-state index contributed by atoms with van der Waals surface area (Å²) < 4.78 is 48.4. The van der Waals surface area contributed by atoms with Gasteiger partial charge >= 0.3 is 7.99 Å². The molecule has 0 aromatic heterocycles. The molecule has 0 rings (SSSR count). The number of rotatable bonds is 6. The van der Waals surface area contributed by atoms with Gasteiger partial charge in [-0.05, 0) is 0 Å². The molecule has 0 aromatic rings. The van der Waals surface area contributed by atoms with Crippen LogP contribution < -0.4 is 0 Å². The van der Waals surface area contributed by atoms with E-state index < -0.39 is 14.1 Å². The lowest BCUT2D eigenvalue weighted by atomic mass is 10.4. The van der Waals surface area contributed by atoms with Crippen LogP contribution in [0.25, 0.3) is 0 Å². The van der Waals surface area contributed by atoms with Gasteiger partial charge in [-0.15, -0.1) is 8.39 Å². The monoisotopic (exact) mass is 280 g/mol. The van der Waals surface area contributed by atoms with Crippen LogP contribution in [0.4, 0.5) is 8.39 Å². The summed E-state index contributed by atoms with van der Waals surface area (Å²) in [4.78, 5) is 0. The van der Waals surface area contributed by atoms with Crippen molar-refractivity contribution in [2.75, 3.05) is 13.2 Å². The van der Waals surface area contributed by atoms with E-state index in [1.165, 1.54) is 0 Å². The second-order valence-corrected chi connectivity index (χ2v) is 4.07. The van der Waals surface area contributed by atoms with Crippen LogP contribution >= 0.6 is 7.99 Å². The van der Waals surface area contributed by atoms with Crippen molar-refractivity contribution >= 4 is 7.99 Å². The van der Waals surface area contributed by atoms with Crippen molar-refractivity contribution in [3.63, 3.8) is 0 Å². The Hall–Kier alpha value is -1.23. The number of hydrogen-bond acceptors (Lipinski definition) is 4. The van der Waals surface area contributed by atoms with Crippen molar-refractivity contribution in [3.05, 3.63) is 0 Å². The summed E-state index contributed by atoms with van der Waals surface area (Å²) in [6.45, 7) is 3.09. The third-order valence-electron chi connectivity index (χ3n) is 1.45. The molecule has 102 valence electrons. The van der Waals surface area contributed by atoms with Crippen molar-refractivity contribution in [2.24, 2.45) is 0 Å². The fourth-order valence-corrected chi connectivity index (χ4v) is 1.27. The first-order valence-electron chi connectivity index (χ1n) is 5.36. The van der Waals surface area contributed by atoms with Crippen molar-refractivity contribution in [3.8, 4) is 24.1 Å². The van der Waals surface area contributed by atoms with E-state index >= 15 is 0 Å². The van der Waals surface area contributed by atoms with E-state index in [-0.39, 0.29) is 13.2 Å². The van der Waals surface area contributed by atoms with Crippen LogP contribution in [0.1, 0.15) is 26.7 Å². The highest BCUT2D eigenvalue weighted by atomic mass is 31.2. The highest BCUT2D eigenvalue weighted by Crippen LogP contribution is 2.51. The first kappa shape index (κ1) is 16.8. The molecular weight excluding hydrogens is 265 g/mol. The van der Waals surface area contributed by atoms with E-state index in [4.69, 9.17) is 9.47 Å². The fourth-order valence-electron chi connectivity index (χ4n) is 0.798. The largest absolute Gasteiger partial charge is 0.552 e. The van der Waals surface area contributed by atoms with Gasteiger partial charge < -0.3 is 9.47 Å². The Morgan fingerprint density at radius 3 is 1.83 bits per heavy atom. The summed E-state index contributed by atoms with van der Waals surface area (Å²) in [6, 6.07) is 0. The smallest absolute Gasteiger partial charge is 0.444 e. The second kappa shape index (κ2) is 9.76. The van der Waals surface area contributed by atoms with E-state index in [0.717, 1.165) is 0 Å². The summed E-state index contributed by atoms with van der Waals surface area (Å²) in [5.74, 6) is 5.18. The van der Waals surface area contributed by atoms with Crippen molar-refractivity contribution in [1.82, 2.24) is 0 Å². The molecule has 0 N–H and O–H groups in total. The van der Waals surface area contributed by atoms with Gasteiger partial charge in [0.25, 0.3) is 0 Å². The molecule has 7 heteroatoms. The van der Waals surface area contributed by atoms with Gasteiger partial charge in [0.2, 0.25) is 0 Å². The van der Waals surface area contributed by atoms with Crippen molar-refractivity contribution < 1.29 is 27.0 Å². The maximum absolute atomic E-state index is 12.3. The lowest BCUT2D eigenvalue weighted by Gasteiger charge is -2.13. The molecule has 0 saturated heterocycles. The Morgan fingerprint density at radius 2 is 1.50 bits per heavy atom. The van der Waals surface area contributed by atoms with Crippen LogP contribution in [-0.2, 0) is 18.6 Å². The van der Waals surface area contributed by atoms with E-state index in [1.807, 2.05) is 13.8 Å². The van der Waals surface area contributed by atoms with E-state index in [1.54, 1.807) is 0 Å². The maximum atomic E-state index is 12.3. The number of hydrogen-bond donors (Lipinski definition) is 0. The average Bonchev–Trinajstić information content (AvgIpc) is 2.28. The van der Waals surface area contributed by atoms with Gasteiger partial charge in [-0.25, -0.2) is 4.57 Å². The molecule has 0 aliphatic heterocycles. The highest BCUT2D eigenvalue weighted by molar-refractivity contribution is 7.47. The Kier molecular flexibility index (Phi) is 9.10. The lowest BCUT2D eigenvalue weighted by Crippen LogP contribution is -2.22. The molecule has 0 aliphatic rings. The topological polar surface area (TPSA) is 44.8 Å². The Balaban J connectivity index is 4.20. The predicted octanol–water partition coefficient (Wildman–Crippen LogP) is 3.19. The molecule has 0 bridgehead atoms. The third-order valence-corrected chi connectivity index (χ3v) is 2.00. The van der Waals surface area contributed by atoms with E-state index in [2.05, 4.69) is 28.6 Å². The first-order valence-corrected chi connectivity index (χ1v) is 6.77. The molecule has 0 saturated carbocycles. The fraction of sp³-hybridized carbons (Fsp3) is 0.636. The normalized spacial score (nSPS) is 10.1. The van der Waals surface area contributed by atoms with Gasteiger partial charge in [0.1, 0.15) is 31.5 Å². The van der Waals surface area contributed by atoms with Crippen LogP contribution in [-0.4, -0.2) is 19.3 Å². The summed E-state index contributed by atoms with van der Waals surface area (Å²) in [5, 5.41) is 0. The molecule has 4 nitrogen and oxygen atoms in total. The van der Waals surface area contributed by atoms with Crippen molar-refractivity contribution in [1.29, 1.82) is 0 Å². The zero-order chi connectivity index (χ0) is 13.9. The standard InChI is InChI=1S/C11H15F2O4P/c1-3-5-7-15-9-11(17-18(12,13)14)10-16-8-6-4-2/h11H,3-4,9-10H2,1-2H3. The highest BCUT2D eigenvalue weighted by Gasteiger charge is 2.27. The number of halogens is 2. The summed E-state index contributed by atoms with van der Waals surface area (Å²) in [6.07, 6.45) is 4.57. The van der Waals surface area contributed by atoms with Crippen LogP contribution in [0.5, 0.6) is 0 Å². The Bertz CT molecular complexity index is 359. The molecule has 0 unspecified atom stereocenters. The molecular formula is C11H15F2O4P. The van der Waals surface area contributed by atoms with Crippen LogP contribution in [0.15, 0.2) is 0 Å². The van der Waals surface area contributed by atoms with Gasteiger partial charge in [0.15, 0.2) is 0 Å². The van der Waals surface area contributed by atoms with Crippen LogP contribution in [0, 0.1) is 24.1 Å². The summed E-state index contributed by atoms with van der Waals surface area (Å²) in [5.41, 5.74) is 0. The van der Waals surface area contributed by atoms with Crippen LogP contribution in [0.2, 0.25) is 0 Å². The van der Waals surface area contributed by atoms with Crippen LogP contribution in [0.3, 0.4) is 0 Å². The Labute approximate surface area is 106 Å². The molecule has 0 atom stereocenters. The minimum absolute atomic E-state index is 0.265. The summed E-state index contributed by atoms with van der Waals surface area (Å²) in [7, 11) is -5.59.